The number of carbonyl (C=O) groups excluding carboxylic acids is 1. The van der Waals surface area contributed by atoms with Crippen molar-refractivity contribution < 1.29 is 54.1 Å². The zero-order chi connectivity index (χ0) is 30.1. The number of aromatic hydroxyl groups is 4. The van der Waals surface area contributed by atoms with E-state index in [0.717, 1.165) is 18.2 Å². The summed E-state index contributed by atoms with van der Waals surface area (Å²) >= 11 is 0. The molecule has 1 fully saturated rings. The Labute approximate surface area is 237 Å². The van der Waals surface area contributed by atoms with Crippen LogP contribution in [0.15, 0.2) is 76.0 Å². The van der Waals surface area contributed by atoms with E-state index in [2.05, 4.69) is 0 Å². The summed E-state index contributed by atoms with van der Waals surface area (Å²) in [5.41, 5.74) is -0.264. The second-order valence-corrected chi connectivity index (χ2v) is 9.61. The first-order chi connectivity index (χ1) is 20.0. The Morgan fingerprint density at radius 2 is 1.64 bits per heavy atom. The van der Waals surface area contributed by atoms with Crippen LogP contribution in [0.1, 0.15) is 12.5 Å². The van der Waals surface area contributed by atoms with Gasteiger partial charge in [0.25, 0.3) is 0 Å². The van der Waals surface area contributed by atoms with Gasteiger partial charge in [-0.3, -0.25) is 4.79 Å². The first kappa shape index (κ1) is 28.5. The molecule has 6 N–H and O–H groups in total. The number of rotatable bonds is 6. The number of ether oxygens (including phenoxy) is 3. The van der Waals surface area contributed by atoms with Crippen molar-refractivity contribution in [1.82, 2.24) is 0 Å². The predicted molar refractivity (Wildman–Crippen MR) is 147 cm³/mol. The molecule has 5 atom stereocenters. The maximum atomic E-state index is 13.5. The number of hydrogen-bond acceptors (Lipinski definition) is 12. The Bertz CT molecular complexity index is 1710. The molecule has 1 aliphatic heterocycles. The van der Waals surface area contributed by atoms with Crippen molar-refractivity contribution in [3.63, 3.8) is 0 Å². The SMILES string of the molecule is C[C@@H]1O[C@@H](Oc2c(-c3ccc(O)cc3)oc3cc(O)cc(O)c3c2=O)[C@H](O)[C@H](O)[C@H]1OC(=O)C=Cc1cccc(O)c1. The van der Waals surface area contributed by atoms with Crippen LogP contribution in [0.2, 0.25) is 0 Å². The van der Waals surface area contributed by atoms with Gasteiger partial charge in [-0.25, -0.2) is 4.79 Å². The van der Waals surface area contributed by atoms with Crippen molar-refractivity contribution in [2.45, 2.75) is 37.6 Å². The van der Waals surface area contributed by atoms with Crippen molar-refractivity contribution in [3.8, 4) is 40.1 Å². The van der Waals surface area contributed by atoms with E-state index in [0.29, 0.717) is 5.56 Å². The number of esters is 1. The van der Waals surface area contributed by atoms with Gasteiger partial charge in [0, 0.05) is 23.8 Å². The number of carbonyl (C=O) groups is 1. The molecule has 1 saturated heterocycles. The molecule has 3 aromatic carbocycles. The molecule has 0 spiro atoms. The number of phenolic OH excluding ortho intramolecular Hbond substituents is 4. The summed E-state index contributed by atoms with van der Waals surface area (Å²) in [6.07, 6.45) is -5.04. The van der Waals surface area contributed by atoms with Gasteiger partial charge in [0.15, 0.2) is 11.9 Å². The molecule has 5 rings (SSSR count). The van der Waals surface area contributed by atoms with Crippen molar-refractivity contribution in [2.24, 2.45) is 0 Å². The summed E-state index contributed by atoms with van der Waals surface area (Å²) in [6.45, 7) is 1.46. The van der Waals surface area contributed by atoms with Crippen LogP contribution in [0.5, 0.6) is 28.7 Å². The van der Waals surface area contributed by atoms with E-state index in [1.807, 2.05) is 0 Å². The molecule has 0 amide bonds. The Morgan fingerprint density at radius 1 is 0.905 bits per heavy atom. The maximum Gasteiger partial charge on any atom is 0.331 e. The average Bonchev–Trinajstić information content (AvgIpc) is 2.94. The number of aliphatic hydroxyl groups excluding tert-OH is 2. The molecule has 4 aromatic rings. The second kappa shape index (κ2) is 11.4. The van der Waals surface area contributed by atoms with E-state index in [4.69, 9.17) is 18.6 Å². The fourth-order valence-electron chi connectivity index (χ4n) is 4.53. The van der Waals surface area contributed by atoms with Crippen LogP contribution < -0.4 is 10.2 Å². The van der Waals surface area contributed by atoms with Crippen LogP contribution in [0.25, 0.3) is 28.4 Å². The summed E-state index contributed by atoms with van der Waals surface area (Å²) in [5, 5.41) is 60.8. The Morgan fingerprint density at radius 3 is 2.36 bits per heavy atom. The third kappa shape index (κ3) is 5.72. The minimum absolute atomic E-state index is 0.00628. The van der Waals surface area contributed by atoms with Gasteiger partial charge in [0.2, 0.25) is 17.5 Å². The average molecular weight is 579 g/mol. The minimum Gasteiger partial charge on any atom is -0.508 e. The van der Waals surface area contributed by atoms with Gasteiger partial charge in [-0.1, -0.05) is 12.1 Å². The maximum absolute atomic E-state index is 13.5. The lowest BCUT2D eigenvalue weighted by atomic mass is 9.99. The zero-order valence-corrected chi connectivity index (χ0v) is 21.9. The quantitative estimate of drug-likeness (QED) is 0.145. The first-order valence-electron chi connectivity index (χ1n) is 12.7. The molecule has 2 heterocycles. The van der Waals surface area contributed by atoms with Crippen LogP contribution in [0.4, 0.5) is 0 Å². The number of hydrogen-bond donors (Lipinski definition) is 6. The van der Waals surface area contributed by atoms with Crippen molar-refractivity contribution in [1.29, 1.82) is 0 Å². The van der Waals surface area contributed by atoms with Gasteiger partial charge in [-0.2, -0.15) is 0 Å². The summed E-state index contributed by atoms with van der Waals surface area (Å²) in [5.74, 6) is -2.55. The summed E-state index contributed by atoms with van der Waals surface area (Å²) < 4.78 is 22.6. The molecule has 12 heteroatoms. The van der Waals surface area contributed by atoms with E-state index < -0.39 is 53.6 Å². The number of phenols is 4. The highest BCUT2D eigenvalue weighted by Gasteiger charge is 2.46. The molecule has 1 aliphatic rings. The Hall–Kier alpha value is -5.04. The predicted octanol–water partition coefficient (Wildman–Crippen LogP) is 2.75. The normalized spacial score (nSPS) is 22.3. The lowest BCUT2D eigenvalue weighted by Crippen LogP contribution is -2.59. The van der Waals surface area contributed by atoms with Gasteiger partial charge in [0.1, 0.15) is 46.2 Å². The molecule has 0 bridgehead atoms. The lowest BCUT2D eigenvalue weighted by molar-refractivity contribution is -0.271. The van der Waals surface area contributed by atoms with E-state index in [-0.39, 0.29) is 39.5 Å². The van der Waals surface area contributed by atoms with Gasteiger partial charge >= 0.3 is 5.97 Å². The highest BCUT2D eigenvalue weighted by atomic mass is 16.7. The molecule has 1 aromatic heterocycles. The molecule has 12 nitrogen and oxygen atoms in total. The highest BCUT2D eigenvalue weighted by molar-refractivity contribution is 5.88. The third-order valence-electron chi connectivity index (χ3n) is 6.59. The molecular weight excluding hydrogens is 552 g/mol. The Kier molecular flexibility index (Phi) is 7.77. The van der Waals surface area contributed by atoms with E-state index in [1.165, 1.54) is 49.4 Å². The Balaban J connectivity index is 1.42. The monoisotopic (exact) mass is 578 g/mol. The van der Waals surface area contributed by atoms with Gasteiger partial charge in [-0.05, 0) is 55.0 Å². The zero-order valence-electron chi connectivity index (χ0n) is 21.9. The lowest BCUT2D eigenvalue weighted by Gasteiger charge is -2.40. The van der Waals surface area contributed by atoms with Gasteiger partial charge < -0.3 is 49.3 Å². The molecule has 0 radical (unpaired) electrons. The van der Waals surface area contributed by atoms with Crippen LogP contribution in [-0.2, 0) is 14.3 Å². The van der Waals surface area contributed by atoms with E-state index in [9.17, 15) is 40.2 Å². The minimum atomic E-state index is -1.81. The largest absolute Gasteiger partial charge is 0.508 e. The number of aliphatic hydroxyl groups is 2. The topological polar surface area (TPSA) is 196 Å². The van der Waals surface area contributed by atoms with Crippen molar-refractivity contribution >= 4 is 23.0 Å². The van der Waals surface area contributed by atoms with Gasteiger partial charge in [-0.15, -0.1) is 0 Å². The molecule has 0 aliphatic carbocycles. The summed E-state index contributed by atoms with van der Waals surface area (Å²) in [4.78, 5) is 25.9. The molecule has 42 heavy (non-hydrogen) atoms. The fraction of sp³-hybridized carbons (Fsp3) is 0.200. The molecule has 218 valence electrons. The molecule has 0 unspecified atom stereocenters. The van der Waals surface area contributed by atoms with E-state index in [1.54, 1.807) is 12.1 Å². The van der Waals surface area contributed by atoms with E-state index >= 15 is 0 Å². The first-order valence-corrected chi connectivity index (χ1v) is 12.7. The number of fused-ring (bicyclic) bond motifs is 1. The highest BCUT2D eigenvalue weighted by Crippen LogP contribution is 2.37. The second-order valence-electron chi connectivity index (χ2n) is 9.61. The van der Waals surface area contributed by atoms with Crippen LogP contribution in [0.3, 0.4) is 0 Å². The summed E-state index contributed by atoms with van der Waals surface area (Å²) in [6, 6.07) is 13.7. The van der Waals surface area contributed by atoms with Crippen LogP contribution in [0, 0.1) is 0 Å². The molecule has 0 saturated carbocycles. The number of benzene rings is 3. The smallest absolute Gasteiger partial charge is 0.331 e. The van der Waals surface area contributed by atoms with Crippen molar-refractivity contribution in [3.05, 3.63) is 82.5 Å². The standard InChI is InChI=1S/C30H26O12/c1-14-27(41-22(35)10-5-15-3-2-4-18(32)11-15)25(37)26(38)30(39-14)42-29-24(36)23-20(34)12-19(33)13-21(23)40-28(29)16-6-8-17(31)9-7-16/h2-14,25-27,30-34,37-38H,1H3/t14-,25-,26+,27-,30-/m0/s1. The van der Waals surface area contributed by atoms with Crippen molar-refractivity contribution in [2.75, 3.05) is 0 Å². The molecular formula is C30H26O12. The third-order valence-corrected chi connectivity index (χ3v) is 6.59. The van der Waals surface area contributed by atoms with Crippen LogP contribution >= 0.6 is 0 Å². The summed E-state index contributed by atoms with van der Waals surface area (Å²) in [7, 11) is 0. The van der Waals surface area contributed by atoms with Crippen LogP contribution in [-0.4, -0.2) is 67.3 Å². The van der Waals surface area contributed by atoms with Gasteiger partial charge in [0.05, 0.1) is 6.10 Å². The fourth-order valence-corrected chi connectivity index (χ4v) is 4.53.